The van der Waals surface area contributed by atoms with Gasteiger partial charge in [-0.25, -0.2) is 9.79 Å². The number of allylic oxidation sites excluding steroid dienone is 1. The number of carbonyl (C=O) groups is 1. The van der Waals surface area contributed by atoms with Gasteiger partial charge in [0.1, 0.15) is 6.61 Å². The van der Waals surface area contributed by atoms with Gasteiger partial charge in [0.15, 0.2) is 10.6 Å². The molecular formula is C31H26BrClN2O4S. The van der Waals surface area contributed by atoms with Crippen molar-refractivity contribution in [3.8, 4) is 5.75 Å². The van der Waals surface area contributed by atoms with Crippen LogP contribution in [0.1, 0.15) is 42.1 Å². The predicted octanol–water partition coefficient (Wildman–Crippen LogP) is 6.10. The molecular weight excluding hydrogens is 612 g/mol. The normalized spacial score (nSPS) is 15.0. The van der Waals surface area contributed by atoms with E-state index in [0.29, 0.717) is 42.5 Å². The Bertz CT molecular complexity index is 1770. The quantitative estimate of drug-likeness (QED) is 0.230. The number of hydrogen-bond donors (Lipinski definition) is 0. The van der Waals surface area contributed by atoms with Gasteiger partial charge >= 0.3 is 5.97 Å². The monoisotopic (exact) mass is 636 g/mol. The Morgan fingerprint density at radius 1 is 1.12 bits per heavy atom. The first-order valence-corrected chi connectivity index (χ1v) is 14.7. The summed E-state index contributed by atoms with van der Waals surface area (Å²) in [6.07, 6.45) is 1.77. The van der Waals surface area contributed by atoms with Crippen LogP contribution in [-0.4, -0.2) is 17.1 Å². The third kappa shape index (κ3) is 5.70. The molecule has 0 unspecified atom stereocenters. The first-order valence-electron chi connectivity index (χ1n) is 12.7. The van der Waals surface area contributed by atoms with Crippen LogP contribution in [0.3, 0.4) is 0 Å². The van der Waals surface area contributed by atoms with Crippen LogP contribution < -0.4 is 19.6 Å². The summed E-state index contributed by atoms with van der Waals surface area (Å²) in [7, 11) is 0. The summed E-state index contributed by atoms with van der Waals surface area (Å²) >= 11 is 11.4. The summed E-state index contributed by atoms with van der Waals surface area (Å²) in [5.41, 5.74) is 4.27. The molecule has 1 atom stereocenters. The van der Waals surface area contributed by atoms with Crippen LogP contribution in [0.4, 0.5) is 0 Å². The highest BCUT2D eigenvalue weighted by atomic mass is 79.9. The summed E-state index contributed by atoms with van der Waals surface area (Å²) in [5, 5.41) is 0.419. The smallest absolute Gasteiger partial charge is 0.338 e. The summed E-state index contributed by atoms with van der Waals surface area (Å²) in [6, 6.07) is 20.6. The Labute approximate surface area is 249 Å². The maximum absolute atomic E-state index is 13.8. The van der Waals surface area contributed by atoms with Crippen molar-refractivity contribution in [2.75, 3.05) is 6.61 Å². The van der Waals surface area contributed by atoms with Crippen LogP contribution in [0.25, 0.3) is 6.08 Å². The summed E-state index contributed by atoms with van der Waals surface area (Å²) in [6.45, 7) is 6.12. The number of carbonyl (C=O) groups excluding carboxylic acids is 1. The summed E-state index contributed by atoms with van der Waals surface area (Å²) in [5.74, 6) is 0.0450. The molecule has 0 saturated heterocycles. The number of hydrogen-bond acceptors (Lipinski definition) is 6. The minimum atomic E-state index is -0.651. The van der Waals surface area contributed by atoms with E-state index in [0.717, 1.165) is 22.3 Å². The van der Waals surface area contributed by atoms with Crippen LogP contribution in [0.2, 0.25) is 5.02 Å². The van der Waals surface area contributed by atoms with E-state index in [1.54, 1.807) is 30.6 Å². The number of esters is 1. The van der Waals surface area contributed by atoms with Crippen molar-refractivity contribution in [1.29, 1.82) is 0 Å². The molecule has 40 heavy (non-hydrogen) atoms. The van der Waals surface area contributed by atoms with Gasteiger partial charge in [-0.15, -0.1) is 0 Å². The molecule has 0 aliphatic carbocycles. The maximum Gasteiger partial charge on any atom is 0.338 e. The van der Waals surface area contributed by atoms with E-state index in [2.05, 4.69) is 20.9 Å². The van der Waals surface area contributed by atoms with Gasteiger partial charge in [0.2, 0.25) is 0 Å². The fourth-order valence-corrected chi connectivity index (χ4v) is 6.57. The number of rotatable bonds is 7. The van der Waals surface area contributed by atoms with E-state index in [4.69, 9.17) is 21.1 Å². The first-order chi connectivity index (χ1) is 19.3. The van der Waals surface area contributed by atoms with Crippen LogP contribution in [0.5, 0.6) is 5.75 Å². The number of halogens is 2. The van der Waals surface area contributed by atoms with Crippen molar-refractivity contribution in [3.63, 3.8) is 0 Å². The lowest BCUT2D eigenvalue weighted by Gasteiger charge is -2.24. The van der Waals surface area contributed by atoms with Gasteiger partial charge in [0.05, 0.1) is 37.9 Å². The molecule has 0 radical (unpaired) electrons. The number of benzene rings is 3. The van der Waals surface area contributed by atoms with E-state index >= 15 is 0 Å². The summed E-state index contributed by atoms with van der Waals surface area (Å²) in [4.78, 5) is 32.0. The molecule has 204 valence electrons. The van der Waals surface area contributed by atoms with Crippen LogP contribution in [0, 0.1) is 6.92 Å². The average molecular weight is 638 g/mol. The Balaban J connectivity index is 1.56. The molecule has 9 heteroatoms. The van der Waals surface area contributed by atoms with Crippen molar-refractivity contribution >= 4 is 50.9 Å². The van der Waals surface area contributed by atoms with E-state index in [1.807, 2.05) is 67.6 Å². The first kappa shape index (κ1) is 28.1. The lowest BCUT2D eigenvalue weighted by molar-refractivity contribution is -0.139. The van der Waals surface area contributed by atoms with Gasteiger partial charge in [0.25, 0.3) is 5.56 Å². The molecule has 0 bridgehead atoms. The Morgan fingerprint density at radius 2 is 1.85 bits per heavy atom. The molecule has 0 saturated carbocycles. The highest BCUT2D eigenvalue weighted by molar-refractivity contribution is 9.10. The zero-order valence-corrected chi connectivity index (χ0v) is 25.3. The van der Waals surface area contributed by atoms with Crippen molar-refractivity contribution in [1.82, 2.24) is 4.57 Å². The summed E-state index contributed by atoms with van der Waals surface area (Å²) < 4.78 is 14.0. The highest BCUT2D eigenvalue weighted by Gasteiger charge is 2.33. The zero-order chi connectivity index (χ0) is 28.4. The third-order valence-corrected chi connectivity index (χ3v) is 8.31. The van der Waals surface area contributed by atoms with Gasteiger partial charge in [0, 0.05) is 0 Å². The minimum absolute atomic E-state index is 0.224. The van der Waals surface area contributed by atoms with Crippen LogP contribution in [-0.2, 0) is 16.1 Å². The molecule has 0 fully saturated rings. The van der Waals surface area contributed by atoms with Gasteiger partial charge in [-0.05, 0) is 71.6 Å². The van der Waals surface area contributed by atoms with Crippen molar-refractivity contribution in [3.05, 3.63) is 129 Å². The van der Waals surface area contributed by atoms with Crippen molar-refractivity contribution in [2.45, 2.75) is 33.4 Å². The molecule has 0 spiro atoms. The van der Waals surface area contributed by atoms with E-state index < -0.39 is 12.0 Å². The number of nitrogens with zero attached hydrogens (tertiary/aromatic N) is 2. The van der Waals surface area contributed by atoms with Crippen LogP contribution >= 0.6 is 38.9 Å². The minimum Gasteiger partial charge on any atom is -0.486 e. The molecule has 5 rings (SSSR count). The van der Waals surface area contributed by atoms with Crippen molar-refractivity contribution < 1.29 is 14.3 Å². The second kappa shape index (κ2) is 12.0. The number of thiazole rings is 1. The highest BCUT2D eigenvalue weighted by Crippen LogP contribution is 2.35. The standard InChI is InChI=1S/C31H26BrClN2O4S/c1-4-38-30(37)26-19(3)34-31-35(27(26)22-12-10-18(2)11-13-22)29(36)25(40-31)16-21-14-23(32)28(24(33)15-21)39-17-20-8-6-5-7-9-20/h5-16,27H,4,17H2,1-3H3/b25-16+/t27-/m1/s1. The van der Waals surface area contributed by atoms with Crippen LogP contribution in [0.15, 0.2) is 92.3 Å². The number of ether oxygens (including phenoxy) is 2. The van der Waals surface area contributed by atoms with Gasteiger partial charge in [-0.3, -0.25) is 9.36 Å². The topological polar surface area (TPSA) is 69.9 Å². The fraction of sp³-hybridized carbons (Fsp3) is 0.194. The van der Waals surface area contributed by atoms with E-state index in [-0.39, 0.29) is 12.2 Å². The maximum atomic E-state index is 13.8. The molecule has 1 aliphatic heterocycles. The van der Waals surface area contributed by atoms with Gasteiger partial charge in [-0.1, -0.05) is 83.1 Å². The molecule has 3 aromatic carbocycles. The Hall–Kier alpha value is -3.46. The number of aromatic nitrogens is 1. The molecule has 0 amide bonds. The molecule has 0 N–H and O–H groups in total. The van der Waals surface area contributed by atoms with Crippen molar-refractivity contribution in [2.24, 2.45) is 4.99 Å². The number of aryl methyl sites for hydroxylation is 1. The lowest BCUT2D eigenvalue weighted by Crippen LogP contribution is -2.39. The Kier molecular flexibility index (Phi) is 8.40. The van der Waals surface area contributed by atoms with Gasteiger partial charge < -0.3 is 9.47 Å². The lowest BCUT2D eigenvalue weighted by atomic mass is 9.95. The predicted molar refractivity (Wildman–Crippen MR) is 162 cm³/mol. The zero-order valence-electron chi connectivity index (χ0n) is 22.1. The van der Waals surface area contributed by atoms with E-state index in [9.17, 15) is 9.59 Å². The molecule has 2 heterocycles. The third-order valence-electron chi connectivity index (χ3n) is 6.45. The second-order valence-corrected chi connectivity index (χ2v) is 11.6. The van der Waals surface area contributed by atoms with Gasteiger partial charge in [-0.2, -0.15) is 0 Å². The molecule has 1 aromatic heterocycles. The molecule has 1 aliphatic rings. The molecule has 6 nitrogen and oxygen atoms in total. The molecule has 4 aromatic rings. The average Bonchev–Trinajstić information content (AvgIpc) is 3.22. The fourth-order valence-electron chi connectivity index (χ4n) is 4.54. The van der Waals surface area contributed by atoms with E-state index in [1.165, 1.54) is 11.3 Å². The SMILES string of the molecule is CCOC(=O)C1=C(C)N=c2s/c(=C/c3cc(Cl)c(OCc4ccccc4)c(Br)c3)c(=O)n2[C@@H]1c1ccc(C)cc1. The Morgan fingerprint density at radius 3 is 2.52 bits per heavy atom. The second-order valence-electron chi connectivity index (χ2n) is 9.30. The number of fused-ring (bicyclic) bond motifs is 1. The largest absolute Gasteiger partial charge is 0.486 e.